The van der Waals surface area contributed by atoms with Crippen LogP contribution < -0.4 is 0 Å². The molecule has 1 heterocycles. The normalized spacial score (nSPS) is 33.9. The monoisotopic (exact) mass is 250 g/mol. The molecular formula is C2H5O8P3+2. The van der Waals surface area contributed by atoms with Gasteiger partial charge in [-0.2, -0.15) is 0 Å². The lowest BCUT2D eigenvalue weighted by atomic mass is 10.8. The largest absolute Gasteiger partial charge is 0.708 e. The van der Waals surface area contributed by atoms with Gasteiger partial charge in [-0.25, -0.2) is 4.57 Å². The number of rotatable bonds is 2. The summed E-state index contributed by atoms with van der Waals surface area (Å²) in [5.41, 5.74) is 0. The second kappa shape index (κ2) is 4.64. The number of phosphoric acid groups is 1. The Morgan fingerprint density at radius 2 is 2.23 bits per heavy atom. The summed E-state index contributed by atoms with van der Waals surface area (Å²) in [5.74, 6) is 0. The van der Waals surface area contributed by atoms with Gasteiger partial charge in [-0.3, -0.25) is 4.52 Å². The lowest BCUT2D eigenvalue weighted by Gasteiger charge is -1.98. The Morgan fingerprint density at radius 3 is 2.85 bits per heavy atom. The van der Waals surface area contributed by atoms with E-state index in [-0.39, 0.29) is 13.2 Å². The van der Waals surface area contributed by atoms with Crippen LogP contribution in [0.1, 0.15) is 0 Å². The molecule has 11 heteroatoms. The molecule has 0 aliphatic carbocycles. The molecule has 1 saturated heterocycles. The zero-order valence-electron chi connectivity index (χ0n) is 6.06. The Labute approximate surface area is 74.7 Å². The molecule has 3 unspecified atom stereocenters. The molecule has 0 saturated carbocycles. The molecule has 0 aromatic carbocycles. The summed E-state index contributed by atoms with van der Waals surface area (Å²) in [4.78, 5) is 8.27. The first kappa shape index (κ1) is 11.3. The molecule has 1 aliphatic rings. The van der Waals surface area contributed by atoms with Crippen molar-refractivity contribution in [3.8, 4) is 0 Å². The molecule has 1 aliphatic heterocycles. The van der Waals surface area contributed by atoms with Gasteiger partial charge in [0.25, 0.3) is 0 Å². The second-order valence-corrected chi connectivity index (χ2v) is 5.38. The number of hydrogen-bond donors (Lipinski definition) is 1. The maximum absolute atomic E-state index is 11.2. The van der Waals surface area contributed by atoms with Gasteiger partial charge in [0.2, 0.25) is 0 Å². The Kier molecular flexibility index (Phi) is 4.04. The first-order valence-corrected chi connectivity index (χ1v) is 6.61. The van der Waals surface area contributed by atoms with Crippen molar-refractivity contribution in [3.63, 3.8) is 0 Å². The minimum Gasteiger partial charge on any atom is -0.279 e. The second-order valence-electron chi connectivity index (χ2n) is 1.74. The quantitative estimate of drug-likeness (QED) is 0.734. The van der Waals surface area contributed by atoms with E-state index in [0.717, 1.165) is 0 Å². The Morgan fingerprint density at radius 1 is 1.54 bits per heavy atom. The highest BCUT2D eigenvalue weighted by molar-refractivity contribution is 7.61. The van der Waals surface area contributed by atoms with Crippen molar-refractivity contribution in [2.45, 2.75) is 0 Å². The maximum atomic E-state index is 11.2. The summed E-state index contributed by atoms with van der Waals surface area (Å²) in [6.45, 7) is -0.285. The molecule has 8 nitrogen and oxygen atoms in total. The van der Waals surface area contributed by atoms with Crippen LogP contribution in [-0.2, 0) is 31.4 Å². The van der Waals surface area contributed by atoms with Crippen molar-refractivity contribution in [1.29, 1.82) is 0 Å². The van der Waals surface area contributed by atoms with Crippen molar-refractivity contribution < 1.29 is 36.3 Å². The predicted molar refractivity (Wildman–Crippen MR) is 39.1 cm³/mol. The van der Waals surface area contributed by atoms with Crippen molar-refractivity contribution in [2.75, 3.05) is 13.2 Å². The molecule has 1 N–H and O–H groups in total. The molecular weight excluding hydrogens is 245 g/mol. The Bertz CT molecular complexity index is 273. The van der Waals surface area contributed by atoms with E-state index in [9.17, 15) is 13.7 Å². The van der Waals surface area contributed by atoms with E-state index in [1.807, 2.05) is 0 Å². The Hall–Kier alpha value is 0.230. The van der Waals surface area contributed by atoms with Gasteiger partial charge in [-0.05, 0) is 0 Å². The predicted octanol–water partition coefficient (Wildman–Crippen LogP) is 1.48. The summed E-state index contributed by atoms with van der Waals surface area (Å²) in [6.07, 6.45) is 0. The van der Waals surface area contributed by atoms with Crippen LogP contribution in [0.5, 0.6) is 0 Å². The third-order valence-electron chi connectivity index (χ3n) is 0.866. The highest BCUT2D eigenvalue weighted by atomic mass is 31.3. The number of hydrogen-bond acceptors (Lipinski definition) is 7. The fraction of sp³-hybridized carbons (Fsp3) is 1.00. The van der Waals surface area contributed by atoms with E-state index in [1.165, 1.54) is 0 Å². The molecule has 1 rings (SSSR count). The zero-order valence-corrected chi connectivity index (χ0v) is 8.74. The summed E-state index contributed by atoms with van der Waals surface area (Å²) in [5, 5.41) is 0. The first-order chi connectivity index (χ1) is 6.02. The average Bonchev–Trinajstić information content (AvgIpc) is 2.09. The van der Waals surface area contributed by atoms with Crippen molar-refractivity contribution in [1.82, 2.24) is 0 Å². The van der Waals surface area contributed by atoms with Crippen LogP contribution in [0, 0.1) is 0 Å². The topological polar surface area (TPSA) is 108 Å². The third kappa shape index (κ3) is 3.85. The standard InChI is InChI=1S/C2H4O8P3/c3-11(4)9-13(6)8-2-1-7-12(5)10-13/h1-2H2/q+1/p+1. The van der Waals surface area contributed by atoms with Crippen LogP contribution in [0.15, 0.2) is 0 Å². The highest BCUT2D eigenvalue weighted by Gasteiger charge is 2.50. The molecule has 13 heavy (non-hydrogen) atoms. The highest BCUT2D eigenvalue weighted by Crippen LogP contribution is 2.62. The maximum Gasteiger partial charge on any atom is 0.708 e. The molecule has 0 radical (unpaired) electrons. The van der Waals surface area contributed by atoms with Crippen LogP contribution in [0.25, 0.3) is 0 Å². The van der Waals surface area contributed by atoms with E-state index in [0.29, 0.717) is 0 Å². The lowest BCUT2D eigenvalue weighted by molar-refractivity contribution is 0.205. The molecule has 0 aromatic rings. The SMILES string of the molecule is O=[P+](O)OP1(=O)OCCO[P+](=O)O1. The van der Waals surface area contributed by atoms with Gasteiger partial charge in [0.05, 0.1) is 6.61 Å². The minimum absolute atomic E-state index is 0.0925. The van der Waals surface area contributed by atoms with Gasteiger partial charge in [0.15, 0.2) is 0 Å². The van der Waals surface area contributed by atoms with Crippen LogP contribution >= 0.6 is 24.3 Å². The van der Waals surface area contributed by atoms with Gasteiger partial charge in [-0.1, -0.05) is 0 Å². The van der Waals surface area contributed by atoms with E-state index >= 15 is 0 Å². The van der Waals surface area contributed by atoms with Crippen LogP contribution in [0.4, 0.5) is 0 Å². The fourth-order valence-electron chi connectivity index (χ4n) is 0.514. The lowest BCUT2D eigenvalue weighted by Crippen LogP contribution is -1.95. The third-order valence-corrected chi connectivity index (χ3v) is 4.45. The van der Waals surface area contributed by atoms with E-state index in [2.05, 4.69) is 17.7 Å². The molecule has 0 amide bonds. The van der Waals surface area contributed by atoms with Gasteiger partial charge < -0.3 is 0 Å². The first-order valence-electron chi connectivity index (χ1n) is 2.92. The van der Waals surface area contributed by atoms with Crippen molar-refractivity contribution in [3.05, 3.63) is 0 Å². The molecule has 0 spiro atoms. The summed E-state index contributed by atoms with van der Waals surface area (Å²) >= 11 is 0. The molecule has 3 atom stereocenters. The van der Waals surface area contributed by atoms with Gasteiger partial charge in [0, 0.05) is 17.8 Å². The van der Waals surface area contributed by atoms with E-state index in [1.54, 1.807) is 0 Å². The van der Waals surface area contributed by atoms with Gasteiger partial charge in [0.1, 0.15) is 6.61 Å². The molecule has 1 fully saturated rings. The van der Waals surface area contributed by atoms with Gasteiger partial charge >= 0.3 is 24.3 Å². The van der Waals surface area contributed by atoms with Crippen LogP contribution in [0.3, 0.4) is 0 Å². The van der Waals surface area contributed by atoms with E-state index < -0.39 is 24.3 Å². The summed E-state index contributed by atoms with van der Waals surface area (Å²) in [6, 6.07) is 0. The summed E-state index contributed by atoms with van der Waals surface area (Å²) < 4.78 is 49.0. The van der Waals surface area contributed by atoms with E-state index in [4.69, 9.17) is 4.89 Å². The molecule has 74 valence electrons. The zero-order chi connectivity index (χ0) is 9.90. The van der Waals surface area contributed by atoms with Crippen molar-refractivity contribution in [2.24, 2.45) is 0 Å². The smallest absolute Gasteiger partial charge is 0.279 e. The fourth-order valence-corrected chi connectivity index (χ4v) is 3.33. The minimum atomic E-state index is -4.21. The summed E-state index contributed by atoms with van der Waals surface area (Å²) in [7, 11) is -10.0. The van der Waals surface area contributed by atoms with Crippen molar-refractivity contribution >= 4 is 24.3 Å². The average molecular weight is 250 g/mol. The molecule has 0 bridgehead atoms. The Balaban J connectivity index is 2.69. The van der Waals surface area contributed by atoms with Crippen LogP contribution in [-0.4, -0.2) is 18.1 Å². The van der Waals surface area contributed by atoms with Crippen LogP contribution in [0.2, 0.25) is 0 Å². The molecule has 0 aromatic heterocycles. The van der Waals surface area contributed by atoms with Gasteiger partial charge in [-0.15, -0.1) is 9.42 Å².